The minimum Gasteiger partial charge on any atom is -0.375 e. The third-order valence-electron chi connectivity index (χ3n) is 5.32. The Labute approximate surface area is 118 Å². The van der Waals surface area contributed by atoms with Crippen molar-refractivity contribution in [1.82, 2.24) is 10.2 Å². The molecule has 3 nitrogen and oxygen atoms in total. The molecule has 4 unspecified atom stereocenters. The summed E-state index contributed by atoms with van der Waals surface area (Å²) >= 11 is 0. The maximum atomic E-state index is 5.96. The molecular formula is C16H30N2O. The van der Waals surface area contributed by atoms with Gasteiger partial charge in [-0.1, -0.05) is 13.3 Å². The Morgan fingerprint density at radius 2 is 2.05 bits per heavy atom. The molecule has 3 fully saturated rings. The van der Waals surface area contributed by atoms with E-state index in [1.165, 1.54) is 64.5 Å². The van der Waals surface area contributed by atoms with Gasteiger partial charge in [0.2, 0.25) is 0 Å². The average molecular weight is 266 g/mol. The first kappa shape index (κ1) is 13.8. The SMILES string of the molecule is CCCNC1CCCC(N2CCOC3CCCC32)C1. The van der Waals surface area contributed by atoms with Gasteiger partial charge in [0.05, 0.1) is 12.7 Å². The quantitative estimate of drug-likeness (QED) is 0.846. The van der Waals surface area contributed by atoms with Crippen LogP contribution in [0, 0.1) is 0 Å². The Bertz CT molecular complexity index is 284. The van der Waals surface area contributed by atoms with Gasteiger partial charge in [0.25, 0.3) is 0 Å². The van der Waals surface area contributed by atoms with Crippen LogP contribution in [0.1, 0.15) is 58.3 Å². The van der Waals surface area contributed by atoms with Crippen molar-refractivity contribution in [3.8, 4) is 0 Å². The van der Waals surface area contributed by atoms with Crippen LogP contribution >= 0.6 is 0 Å². The van der Waals surface area contributed by atoms with Crippen LogP contribution in [0.25, 0.3) is 0 Å². The highest BCUT2D eigenvalue weighted by molar-refractivity contribution is 4.94. The number of ether oxygens (including phenoxy) is 1. The first-order chi connectivity index (χ1) is 9.38. The fourth-order valence-corrected chi connectivity index (χ4v) is 4.41. The Hall–Kier alpha value is -0.120. The summed E-state index contributed by atoms with van der Waals surface area (Å²) in [4.78, 5) is 2.82. The molecule has 0 bridgehead atoms. The monoisotopic (exact) mass is 266 g/mol. The molecule has 4 atom stereocenters. The zero-order valence-electron chi connectivity index (χ0n) is 12.4. The minimum atomic E-state index is 0.553. The van der Waals surface area contributed by atoms with Gasteiger partial charge in [0.15, 0.2) is 0 Å². The molecule has 0 radical (unpaired) electrons. The van der Waals surface area contributed by atoms with E-state index in [2.05, 4.69) is 17.1 Å². The van der Waals surface area contributed by atoms with E-state index in [1.807, 2.05) is 0 Å². The molecule has 0 aromatic carbocycles. The third-order valence-corrected chi connectivity index (χ3v) is 5.32. The zero-order valence-corrected chi connectivity index (χ0v) is 12.4. The number of hydrogen-bond acceptors (Lipinski definition) is 3. The summed E-state index contributed by atoms with van der Waals surface area (Å²) < 4.78 is 5.96. The lowest BCUT2D eigenvalue weighted by molar-refractivity contribution is -0.0780. The van der Waals surface area contributed by atoms with E-state index in [9.17, 15) is 0 Å². The molecule has 1 aliphatic heterocycles. The van der Waals surface area contributed by atoms with Crippen molar-refractivity contribution in [2.45, 2.75) is 82.5 Å². The van der Waals surface area contributed by atoms with Crippen LogP contribution in [0.2, 0.25) is 0 Å². The number of nitrogens with one attached hydrogen (secondary N) is 1. The lowest BCUT2D eigenvalue weighted by Crippen LogP contribution is -2.55. The van der Waals surface area contributed by atoms with Crippen molar-refractivity contribution in [1.29, 1.82) is 0 Å². The van der Waals surface area contributed by atoms with Crippen LogP contribution in [0.5, 0.6) is 0 Å². The number of nitrogens with zero attached hydrogens (tertiary/aromatic N) is 1. The van der Waals surface area contributed by atoms with E-state index in [4.69, 9.17) is 4.74 Å². The standard InChI is InChI=1S/C16H30N2O/c1-2-9-17-13-5-3-6-14(12-13)18-10-11-19-16-8-4-7-15(16)18/h13-17H,2-12H2,1H3. The second-order valence-corrected chi connectivity index (χ2v) is 6.62. The summed E-state index contributed by atoms with van der Waals surface area (Å²) in [6, 6.07) is 2.32. The average Bonchev–Trinajstić information content (AvgIpc) is 2.93. The topological polar surface area (TPSA) is 24.5 Å². The Kier molecular flexibility index (Phi) is 4.78. The van der Waals surface area contributed by atoms with E-state index < -0.39 is 0 Å². The maximum Gasteiger partial charge on any atom is 0.0731 e. The van der Waals surface area contributed by atoms with Crippen LogP contribution in [-0.4, -0.2) is 48.8 Å². The van der Waals surface area contributed by atoms with E-state index in [1.54, 1.807) is 0 Å². The fraction of sp³-hybridized carbons (Fsp3) is 1.00. The highest BCUT2D eigenvalue weighted by Crippen LogP contribution is 2.34. The minimum absolute atomic E-state index is 0.553. The highest BCUT2D eigenvalue weighted by Gasteiger charge is 2.40. The van der Waals surface area contributed by atoms with Gasteiger partial charge in [0, 0.05) is 24.7 Å². The lowest BCUT2D eigenvalue weighted by atomic mass is 9.88. The molecule has 1 saturated heterocycles. The molecule has 110 valence electrons. The molecule has 2 aliphatic carbocycles. The molecule has 0 amide bonds. The van der Waals surface area contributed by atoms with Crippen LogP contribution in [0.4, 0.5) is 0 Å². The first-order valence-corrected chi connectivity index (χ1v) is 8.49. The largest absolute Gasteiger partial charge is 0.375 e. The number of fused-ring (bicyclic) bond motifs is 1. The van der Waals surface area contributed by atoms with Gasteiger partial charge in [-0.25, -0.2) is 0 Å². The molecule has 2 saturated carbocycles. The predicted octanol–water partition coefficient (Wildman–Crippen LogP) is 2.55. The molecule has 3 heteroatoms. The summed E-state index contributed by atoms with van der Waals surface area (Å²) in [5.74, 6) is 0. The second-order valence-electron chi connectivity index (χ2n) is 6.62. The zero-order chi connectivity index (χ0) is 13.1. The van der Waals surface area contributed by atoms with Crippen molar-refractivity contribution in [3.05, 3.63) is 0 Å². The van der Waals surface area contributed by atoms with Gasteiger partial charge in [0.1, 0.15) is 0 Å². The van der Waals surface area contributed by atoms with Crippen molar-refractivity contribution in [2.75, 3.05) is 19.7 Å². The van der Waals surface area contributed by atoms with Crippen molar-refractivity contribution in [2.24, 2.45) is 0 Å². The molecule has 1 N–H and O–H groups in total. The molecular weight excluding hydrogens is 236 g/mol. The summed E-state index contributed by atoms with van der Waals surface area (Å²) in [7, 11) is 0. The predicted molar refractivity (Wildman–Crippen MR) is 78.4 cm³/mol. The Morgan fingerprint density at radius 1 is 1.16 bits per heavy atom. The second kappa shape index (κ2) is 6.55. The van der Waals surface area contributed by atoms with Gasteiger partial charge < -0.3 is 10.1 Å². The van der Waals surface area contributed by atoms with Crippen molar-refractivity contribution >= 4 is 0 Å². The Morgan fingerprint density at radius 3 is 2.95 bits per heavy atom. The molecule has 3 aliphatic rings. The van der Waals surface area contributed by atoms with Gasteiger partial charge in [-0.05, 0) is 51.5 Å². The van der Waals surface area contributed by atoms with Crippen LogP contribution in [0.3, 0.4) is 0 Å². The number of rotatable bonds is 4. The van der Waals surface area contributed by atoms with E-state index in [0.717, 1.165) is 24.7 Å². The summed E-state index contributed by atoms with van der Waals surface area (Å²) in [6.45, 7) is 5.59. The van der Waals surface area contributed by atoms with Gasteiger partial charge in [-0.15, -0.1) is 0 Å². The normalized spacial score (nSPS) is 40.3. The molecule has 0 aromatic rings. The molecule has 0 aromatic heterocycles. The Balaban J connectivity index is 1.57. The maximum absolute atomic E-state index is 5.96. The van der Waals surface area contributed by atoms with Crippen LogP contribution < -0.4 is 5.32 Å². The fourth-order valence-electron chi connectivity index (χ4n) is 4.41. The van der Waals surface area contributed by atoms with Crippen LogP contribution in [-0.2, 0) is 4.74 Å². The van der Waals surface area contributed by atoms with E-state index in [-0.39, 0.29) is 0 Å². The molecule has 19 heavy (non-hydrogen) atoms. The summed E-state index contributed by atoms with van der Waals surface area (Å²) in [6.07, 6.45) is 11.4. The molecule has 1 heterocycles. The molecule has 3 rings (SSSR count). The van der Waals surface area contributed by atoms with Crippen LogP contribution in [0.15, 0.2) is 0 Å². The van der Waals surface area contributed by atoms with E-state index >= 15 is 0 Å². The van der Waals surface area contributed by atoms with Gasteiger partial charge in [-0.3, -0.25) is 4.90 Å². The van der Waals surface area contributed by atoms with Crippen molar-refractivity contribution < 1.29 is 4.74 Å². The smallest absolute Gasteiger partial charge is 0.0731 e. The summed E-state index contributed by atoms with van der Waals surface area (Å²) in [5, 5.41) is 3.74. The molecule has 0 spiro atoms. The number of morpholine rings is 1. The highest BCUT2D eigenvalue weighted by atomic mass is 16.5. The third kappa shape index (κ3) is 3.14. The van der Waals surface area contributed by atoms with E-state index in [0.29, 0.717) is 6.10 Å². The first-order valence-electron chi connectivity index (χ1n) is 8.49. The summed E-state index contributed by atoms with van der Waals surface area (Å²) in [5.41, 5.74) is 0. The van der Waals surface area contributed by atoms with Gasteiger partial charge in [-0.2, -0.15) is 0 Å². The van der Waals surface area contributed by atoms with Crippen molar-refractivity contribution in [3.63, 3.8) is 0 Å². The lowest BCUT2D eigenvalue weighted by Gasteiger charge is -2.45. The van der Waals surface area contributed by atoms with Gasteiger partial charge >= 0.3 is 0 Å². The number of hydrogen-bond donors (Lipinski definition) is 1.